The van der Waals surface area contributed by atoms with E-state index in [1.54, 1.807) is 48.5 Å². The Hall–Kier alpha value is -2.91. The van der Waals surface area contributed by atoms with E-state index in [2.05, 4.69) is 5.32 Å². The minimum Gasteiger partial charge on any atom is -0.462 e. The topological polar surface area (TPSA) is 92.8 Å². The highest BCUT2D eigenvalue weighted by Gasteiger charge is 2.15. The van der Waals surface area contributed by atoms with Gasteiger partial charge in [-0.05, 0) is 60.3 Å². The van der Waals surface area contributed by atoms with Crippen LogP contribution in [0.3, 0.4) is 0 Å². The summed E-state index contributed by atoms with van der Waals surface area (Å²) in [5, 5.41) is 3.60. The Morgan fingerprint density at radius 2 is 1.81 bits per heavy atom. The number of carbonyl (C=O) groups is 2. The molecule has 7 nitrogen and oxygen atoms in total. The second kappa shape index (κ2) is 9.49. The average Bonchev–Trinajstić information content (AvgIpc) is 3.16. The summed E-state index contributed by atoms with van der Waals surface area (Å²) in [7, 11) is -1.88. The molecule has 3 rings (SSSR count). The van der Waals surface area contributed by atoms with Crippen LogP contribution in [0.2, 0.25) is 0 Å². The van der Waals surface area contributed by atoms with Gasteiger partial charge < -0.3 is 10.1 Å². The Labute approximate surface area is 185 Å². The Kier molecular flexibility index (Phi) is 6.97. The van der Waals surface area contributed by atoms with Crippen molar-refractivity contribution < 1.29 is 22.7 Å². The minimum atomic E-state index is -3.37. The lowest BCUT2D eigenvalue weighted by Crippen LogP contribution is -2.24. The van der Waals surface area contributed by atoms with Gasteiger partial charge in [0.2, 0.25) is 10.0 Å². The summed E-state index contributed by atoms with van der Waals surface area (Å²) in [5.74, 6) is -0.664. The van der Waals surface area contributed by atoms with Crippen molar-refractivity contribution in [3.63, 3.8) is 0 Å². The number of benzene rings is 2. The molecule has 3 aromatic rings. The molecule has 0 fully saturated rings. The van der Waals surface area contributed by atoms with E-state index in [-0.39, 0.29) is 11.9 Å². The van der Waals surface area contributed by atoms with Crippen molar-refractivity contribution in [2.24, 2.45) is 0 Å². The van der Waals surface area contributed by atoms with Crippen molar-refractivity contribution in [3.8, 4) is 0 Å². The number of hydrogen-bond acceptors (Lipinski definition) is 6. The highest BCUT2D eigenvalue weighted by atomic mass is 32.2. The second-order valence-electron chi connectivity index (χ2n) is 7.08. The smallest absolute Gasteiger partial charge is 0.338 e. The molecule has 2 aromatic carbocycles. The highest BCUT2D eigenvalue weighted by molar-refractivity contribution is 7.92. The third-order valence-electron chi connectivity index (χ3n) is 4.69. The highest BCUT2D eigenvalue weighted by Crippen LogP contribution is 2.30. The van der Waals surface area contributed by atoms with Gasteiger partial charge in [-0.15, -0.1) is 11.3 Å². The average molecular weight is 461 g/mol. The van der Waals surface area contributed by atoms with Crippen molar-refractivity contribution in [2.45, 2.75) is 19.8 Å². The lowest BCUT2D eigenvalue weighted by molar-refractivity contribution is 0.0499. The molecule has 9 heteroatoms. The van der Waals surface area contributed by atoms with Gasteiger partial charge in [-0.25, -0.2) is 13.2 Å². The third-order valence-corrected chi connectivity index (χ3v) is 7.01. The standard InChI is InChI=1S/C22H24N2O5S2/c1-4-5-12-29-22(26)15-6-8-17(9-7-15)23-21(25)20-14-16-13-18(10-11-19(16)30-20)24(2)31(3,27)28/h6-11,13-14H,4-5,12H2,1-3H3,(H,23,25). The van der Waals surface area contributed by atoms with Gasteiger partial charge in [-0.2, -0.15) is 0 Å². The van der Waals surface area contributed by atoms with Crippen molar-refractivity contribution in [1.82, 2.24) is 0 Å². The number of unbranched alkanes of at least 4 members (excludes halogenated alkanes) is 1. The van der Waals surface area contributed by atoms with Gasteiger partial charge in [0.15, 0.2) is 0 Å². The van der Waals surface area contributed by atoms with Gasteiger partial charge in [-0.3, -0.25) is 9.10 Å². The molecule has 1 heterocycles. The molecule has 1 amide bonds. The molecule has 0 saturated carbocycles. The molecule has 1 N–H and O–H groups in total. The van der Waals surface area contributed by atoms with Crippen LogP contribution in [-0.2, 0) is 14.8 Å². The minimum absolute atomic E-state index is 0.280. The van der Waals surface area contributed by atoms with Crippen molar-refractivity contribution in [3.05, 3.63) is 59.0 Å². The molecular formula is C22H24N2O5S2. The second-order valence-corrected chi connectivity index (χ2v) is 10.2. The molecule has 31 heavy (non-hydrogen) atoms. The van der Waals surface area contributed by atoms with Crippen molar-refractivity contribution in [2.75, 3.05) is 29.5 Å². The summed E-state index contributed by atoms with van der Waals surface area (Å²) in [6.45, 7) is 2.41. The van der Waals surface area contributed by atoms with E-state index in [9.17, 15) is 18.0 Å². The zero-order valence-corrected chi connectivity index (χ0v) is 19.2. The van der Waals surface area contributed by atoms with Crippen molar-refractivity contribution >= 4 is 54.7 Å². The molecule has 0 aliphatic rings. The fraction of sp³-hybridized carbons (Fsp3) is 0.273. The van der Waals surface area contributed by atoms with Gasteiger partial charge in [0, 0.05) is 17.4 Å². The molecule has 0 aliphatic heterocycles. The Bertz CT molecular complexity index is 1200. The van der Waals surface area contributed by atoms with Crippen LogP contribution < -0.4 is 9.62 Å². The molecule has 0 atom stereocenters. The number of amides is 1. The first-order valence-electron chi connectivity index (χ1n) is 9.75. The van der Waals surface area contributed by atoms with Crippen LogP contribution in [-0.4, -0.2) is 40.2 Å². The molecular weight excluding hydrogens is 436 g/mol. The number of hydrogen-bond donors (Lipinski definition) is 1. The number of esters is 1. The maximum absolute atomic E-state index is 12.7. The van der Waals surface area contributed by atoms with E-state index in [0.29, 0.717) is 28.4 Å². The van der Waals surface area contributed by atoms with Gasteiger partial charge in [0.1, 0.15) is 0 Å². The van der Waals surface area contributed by atoms with Gasteiger partial charge in [-0.1, -0.05) is 13.3 Å². The van der Waals surface area contributed by atoms with Gasteiger partial charge in [0.05, 0.1) is 29.0 Å². The number of thiophene rings is 1. The molecule has 0 spiro atoms. The number of sulfonamides is 1. The number of ether oxygens (including phenoxy) is 1. The quantitative estimate of drug-likeness (QED) is 0.394. The zero-order chi connectivity index (χ0) is 22.6. The van der Waals surface area contributed by atoms with Crippen LogP contribution in [0.5, 0.6) is 0 Å². The normalized spacial score (nSPS) is 11.3. The van der Waals surface area contributed by atoms with Crippen molar-refractivity contribution in [1.29, 1.82) is 0 Å². The van der Waals surface area contributed by atoms with E-state index in [0.717, 1.165) is 29.2 Å². The molecule has 0 aliphatic carbocycles. The molecule has 0 saturated heterocycles. The molecule has 0 radical (unpaired) electrons. The fourth-order valence-electron chi connectivity index (χ4n) is 2.80. The van der Waals surface area contributed by atoms with Crippen LogP contribution in [0.15, 0.2) is 48.5 Å². The predicted octanol–water partition coefficient (Wildman–Crippen LogP) is 4.51. The largest absolute Gasteiger partial charge is 0.462 e. The predicted molar refractivity (Wildman–Crippen MR) is 125 cm³/mol. The summed E-state index contributed by atoms with van der Waals surface area (Å²) in [4.78, 5) is 25.1. The molecule has 0 bridgehead atoms. The summed E-state index contributed by atoms with van der Waals surface area (Å²) < 4.78 is 30.7. The number of anilines is 2. The van der Waals surface area contributed by atoms with Crippen LogP contribution in [0.1, 0.15) is 39.8 Å². The molecule has 0 unspecified atom stereocenters. The first-order valence-corrected chi connectivity index (χ1v) is 12.4. The lowest BCUT2D eigenvalue weighted by atomic mass is 10.2. The fourth-order valence-corrected chi connectivity index (χ4v) is 4.24. The number of nitrogens with one attached hydrogen (secondary N) is 1. The van der Waals surface area contributed by atoms with E-state index in [1.165, 1.54) is 22.7 Å². The Balaban J connectivity index is 1.71. The SMILES string of the molecule is CCCCOC(=O)c1ccc(NC(=O)c2cc3cc(N(C)S(C)(=O)=O)ccc3s2)cc1. The van der Waals surface area contributed by atoms with E-state index in [4.69, 9.17) is 4.74 Å². The molecule has 164 valence electrons. The summed E-state index contributed by atoms with van der Waals surface area (Å²) >= 11 is 1.32. The number of carbonyl (C=O) groups excluding carboxylic acids is 2. The molecule has 1 aromatic heterocycles. The lowest BCUT2D eigenvalue weighted by Gasteiger charge is -2.16. The van der Waals surface area contributed by atoms with Gasteiger partial charge in [0.25, 0.3) is 5.91 Å². The third kappa shape index (κ3) is 5.62. The van der Waals surface area contributed by atoms with E-state index >= 15 is 0 Å². The maximum Gasteiger partial charge on any atom is 0.338 e. The van der Waals surface area contributed by atoms with Gasteiger partial charge >= 0.3 is 5.97 Å². The number of fused-ring (bicyclic) bond motifs is 1. The van der Waals surface area contributed by atoms with Crippen LogP contribution in [0.4, 0.5) is 11.4 Å². The van der Waals surface area contributed by atoms with E-state index in [1.807, 2.05) is 6.92 Å². The first-order chi connectivity index (χ1) is 14.7. The summed E-state index contributed by atoms with van der Waals surface area (Å²) in [6, 6.07) is 13.5. The zero-order valence-electron chi connectivity index (χ0n) is 17.5. The monoisotopic (exact) mass is 460 g/mol. The first kappa shape index (κ1) is 22.8. The van der Waals surface area contributed by atoms with Crippen LogP contribution in [0, 0.1) is 0 Å². The van der Waals surface area contributed by atoms with Crippen LogP contribution in [0.25, 0.3) is 10.1 Å². The van der Waals surface area contributed by atoms with E-state index < -0.39 is 10.0 Å². The number of rotatable bonds is 8. The number of nitrogens with zero attached hydrogens (tertiary/aromatic N) is 1. The Morgan fingerprint density at radius 3 is 2.45 bits per heavy atom. The maximum atomic E-state index is 12.7. The van der Waals surface area contributed by atoms with Crippen LogP contribution >= 0.6 is 11.3 Å². The summed E-state index contributed by atoms with van der Waals surface area (Å²) in [5.41, 5.74) is 1.52. The summed E-state index contributed by atoms with van der Waals surface area (Å²) in [6.07, 6.45) is 2.91. The Morgan fingerprint density at radius 1 is 1.10 bits per heavy atom.